The van der Waals surface area contributed by atoms with Crippen LogP contribution in [0.25, 0.3) is 0 Å². The number of pyridine rings is 1. The summed E-state index contributed by atoms with van der Waals surface area (Å²) in [4.78, 5) is 15.5. The molecule has 1 rings (SSSR count). The van der Waals surface area contributed by atoms with Crippen LogP contribution in [-0.4, -0.2) is 10.8 Å². The molecule has 0 aromatic carbocycles. The first-order chi connectivity index (χ1) is 6.79. The van der Waals surface area contributed by atoms with Crippen LogP contribution in [0.5, 0.6) is 0 Å². The molecule has 0 aliphatic heterocycles. The van der Waals surface area contributed by atoms with Gasteiger partial charge in [-0.1, -0.05) is 13.0 Å². The van der Waals surface area contributed by atoms with Crippen LogP contribution in [0.4, 0.5) is 0 Å². The molecule has 0 bridgehead atoms. The number of ketones is 1. The number of carbonyl (C=O) groups is 1. The molecule has 0 atom stereocenters. The molecular formula is C11H12N2O. The van der Waals surface area contributed by atoms with Gasteiger partial charge in [-0.25, -0.2) is 0 Å². The van der Waals surface area contributed by atoms with Gasteiger partial charge in [-0.05, 0) is 18.1 Å². The number of Topliss-reactive ketones (excluding diaryl/α,β-unsaturated/α-hetero) is 1. The predicted octanol–water partition coefficient (Wildman–Crippen LogP) is 2.13. The van der Waals surface area contributed by atoms with E-state index in [4.69, 9.17) is 5.26 Å². The molecule has 0 N–H and O–H groups in total. The zero-order valence-corrected chi connectivity index (χ0v) is 8.16. The normalized spacial score (nSPS) is 9.43. The highest BCUT2D eigenvalue weighted by Gasteiger charge is 2.09. The number of rotatable bonds is 4. The first kappa shape index (κ1) is 10.4. The Hall–Kier alpha value is -1.69. The van der Waals surface area contributed by atoms with Crippen molar-refractivity contribution < 1.29 is 4.79 Å². The highest BCUT2D eigenvalue weighted by molar-refractivity contribution is 5.95. The SMILES string of the molecule is CCC(=O)c1ncccc1CCC#N. The topological polar surface area (TPSA) is 53.8 Å². The Morgan fingerprint density at radius 2 is 2.43 bits per heavy atom. The van der Waals surface area contributed by atoms with Gasteiger partial charge in [0.05, 0.1) is 6.07 Å². The predicted molar refractivity (Wildman–Crippen MR) is 52.8 cm³/mol. The van der Waals surface area contributed by atoms with E-state index in [-0.39, 0.29) is 5.78 Å². The van der Waals surface area contributed by atoms with Crippen LogP contribution in [0.3, 0.4) is 0 Å². The van der Waals surface area contributed by atoms with E-state index < -0.39 is 0 Å². The zero-order chi connectivity index (χ0) is 10.4. The average Bonchev–Trinajstić information content (AvgIpc) is 2.25. The quantitative estimate of drug-likeness (QED) is 0.680. The molecule has 1 heterocycles. The molecule has 0 fully saturated rings. The molecule has 14 heavy (non-hydrogen) atoms. The van der Waals surface area contributed by atoms with Crippen molar-refractivity contribution in [3.63, 3.8) is 0 Å². The fraction of sp³-hybridized carbons (Fsp3) is 0.364. The second-order valence-electron chi connectivity index (χ2n) is 2.95. The van der Waals surface area contributed by atoms with Gasteiger partial charge in [0, 0.05) is 19.0 Å². The van der Waals surface area contributed by atoms with Crippen LogP contribution in [-0.2, 0) is 6.42 Å². The van der Waals surface area contributed by atoms with Crippen molar-refractivity contribution in [2.24, 2.45) is 0 Å². The van der Waals surface area contributed by atoms with Gasteiger partial charge in [0.15, 0.2) is 5.78 Å². The monoisotopic (exact) mass is 188 g/mol. The summed E-state index contributed by atoms with van der Waals surface area (Å²) >= 11 is 0. The van der Waals surface area contributed by atoms with E-state index in [1.54, 1.807) is 12.3 Å². The van der Waals surface area contributed by atoms with E-state index in [2.05, 4.69) is 11.1 Å². The maximum Gasteiger partial charge on any atom is 0.181 e. The second kappa shape index (κ2) is 5.13. The van der Waals surface area contributed by atoms with Gasteiger partial charge < -0.3 is 0 Å². The Balaban J connectivity index is 2.92. The summed E-state index contributed by atoms with van der Waals surface area (Å²) in [7, 11) is 0. The minimum absolute atomic E-state index is 0.0403. The highest BCUT2D eigenvalue weighted by atomic mass is 16.1. The lowest BCUT2D eigenvalue weighted by Crippen LogP contribution is -2.05. The second-order valence-corrected chi connectivity index (χ2v) is 2.95. The molecule has 1 aromatic heterocycles. The lowest BCUT2D eigenvalue weighted by Gasteiger charge is -2.03. The summed E-state index contributed by atoms with van der Waals surface area (Å²) in [6.07, 6.45) is 3.09. The van der Waals surface area contributed by atoms with E-state index in [9.17, 15) is 4.79 Å². The minimum Gasteiger partial charge on any atom is -0.292 e. The van der Waals surface area contributed by atoms with Gasteiger partial charge in [0.25, 0.3) is 0 Å². The van der Waals surface area contributed by atoms with E-state index in [1.165, 1.54) is 0 Å². The number of nitriles is 1. The number of hydrogen-bond donors (Lipinski definition) is 0. The van der Waals surface area contributed by atoms with Gasteiger partial charge in [-0.3, -0.25) is 9.78 Å². The third kappa shape index (κ3) is 2.40. The number of nitrogens with zero attached hydrogens (tertiary/aromatic N) is 2. The number of hydrogen-bond acceptors (Lipinski definition) is 3. The number of carbonyl (C=O) groups excluding carboxylic acids is 1. The van der Waals surface area contributed by atoms with Crippen LogP contribution in [0.1, 0.15) is 35.8 Å². The Morgan fingerprint density at radius 1 is 1.64 bits per heavy atom. The highest BCUT2D eigenvalue weighted by Crippen LogP contribution is 2.10. The minimum atomic E-state index is 0.0403. The molecule has 0 unspecified atom stereocenters. The smallest absolute Gasteiger partial charge is 0.181 e. The van der Waals surface area contributed by atoms with E-state index >= 15 is 0 Å². The zero-order valence-electron chi connectivity index (χ0n) is 8.16. The molecule has 0 aliphatic carbocycles. The van der Waals surface area contributed by atoms with Gasteiger partial charge in [0.2, 0.25) is 0 Å². The lowest BCUT2D eigenvalue weighted by atomic mass is 10.0. The van der Waals surface area contributed by atoms with Crippen LogP contribution < -0.4 is 0 Å². The van der Waals surface area contributed by atoms with Crippen molar-refractivity contribution in [1.29, 1.82) is 5.26 Å². The summed E-state index contributed by atoms with van der Waals surface area (Å²) in [6, 6.07) is 5.71. The van der Waals surface area contributed by atoms with Crippen LogP contribution in [0.15, 0.2) is 18.3 Å². The largest absolute Gasteiger partial charge is 0.292 e. The number of aryl methyl sites for hydroxylation is 1. The average molecular weight is 188 g/mol. The van der Waals surface area contributed by atoms with Crippen molar-refractivity contribution in [3.8, 4) is 6.07 Å². The maximum atomic E-state index is 11.5. The van der Waals surface area contributed by atoms with Crippen molar-refractivity contribution >= 4 is 5.78 Å². The van der Waals surface area contributed by atoms with Gasteiger partial charge >= 0.3 is 0 Å². The van der Waals surface area contributed by atoms with E-state index in [0.29, 0.717) is 25.0 Å². The van der Waals surface area contributed by atoms with Crippen molar-refractivity contribution in [2.45, 2.75) is 26.2 Å². The molecule has 0 saturated heterocycles. The number of aromatic nitrogens is 1. The first-order valence-corrected chi connectivity index (χ1v) is 4.63. The van der Waals surface area contributed by atoms with Crippen molar-refractivity contribution in [1.82, 2.24) is 4.98 Å². The summed E-state index contributed by atoms with van der Waals surface area (Å²) in [5.74, 6) is 0.0403. The molecule has 0 saturated carbocycles. The lowest BCUT2D eigenvalue weighted by molar-refractivity contribution is 0.0982. The molecule has 3 heteroatoms. The summed E-state index contributed by atoms with van der Waals surface area (Å²) in [5, 5.41) is 8.46. The molecule has 72 valence electrons. The fourth-order valence-corrected chi connectivity index (χ4v) is 1.25. The van der Waals surface area contributed by atoms with Crippen LogP contribution in [0.2, 0.25) is 0 Å². The van der Waals surface area contributed by atoms with Gasteiger partial charge in [-0.2, -0.15) is 5.26 Å². The van der Waals surface area contributed by atoms with Gasteiger partial charge in [-0.15, -0.1) is 0 Å². The maximum absolute atomic E-state index is 11.5. The summed E-state index contributed by atoms with van der Waals surface area (Å²) in [5.41, 5.74) is 1.39. The fourth-order valence-electron chi connectivity index (χ4n) is 1.25. The molecule has 0 amide bonds. The van der Waals surface area contributed by atoms with E-state index in [0.717, 1.165) is 5.56 Å². The Kier molecular flexibility index (Phi) is 3.81. The molecular weight excluding hydrogens is 176 g/mol. The van der Waals surface area contributed by atoms with E-state index in [1.807, 2.05) is 13.0 Å². The molecule has 0 radical (unpaired) electrons. The third-order valence-electron chi connectivity index (χ3n) is 1.98. The standard InChI is InChI=1S/C11H12N2O/c1-2-10(14)11-9(5-3-7-12)6-4-8-13-11/h4,6,8H,2-3,5H2,1H3. The molecule has 1 aromatic rings. The molecule has 0 aliphatic rings. The molecule has 0 spiro atoms. The van der Waals surface area contributed by atoms with Crippen molar-refractivity contribution in [2.75, 3.05) is 0 Å². The Bertz CT molecular complexity index is 366. The first-order valence-electron chi connectivity index (χ1n) is 4.63. The summed E-state index contributed by atoms with van der Waals surface area (Å²) in [6.45, 7) is 1.81. The van der Waals surface area contributed by atoms with Crippen LogP contribution >= 0.6 is 0 Å². The van der Waals surface area contributed by atoms with Crippen molar-refractivity contribution in [3.05, 3.63) is 29.6 Å². The van der Waals surface area contributed by atoms with Gasteiger partial charge in [0.1, 0.15) is 5.69 Å². The summed E-state index contributed by atoms with van der Waals surface area (Å²) < 4.78 is 0. The Labute approximate surface area is 83.4 Å². The third-order valence-corrected chi connectivity index (χ3v) is 1.98. The Morgan fingerprint density at radius 3 is 3.07 bits per heavy atom. The van der Waals surface area contributed by atoms with Crippen LogP contribution in [0, 0.1) is 11.3 Å². The molecule has 3 nitrogen and oxygen atoms in total.